The summed E-state index contributed by atoms with van der Waals surface area (Å²) >= 11 is 11.5. The number of amides is 1. The van der Waals surface area contributed by atoms with Crippen molar-refractivity contribution < 1.29 is 9.18 Å². The van der Waals surface area contributed by atoms with Gasteiger partial charge in [0.25, 0.3) is 5.91 Å². The van der Waals surface area contributed by atoms with Gasteiger partial charge in [0.2, 0.25) is 0 Å². The van der Waals surface area contributed by atoms with E-state index in [1.165, 1.54) is 10.7 Å². The van der Waals surface area contributed by atoms with Gasteiger partial charge >= 0.3 is 0 Å². The highest BCUT2D eigenvalue weighted by Gasteiger charge is 2.15. The zero-order chi connectivity index (χ0) is 18.0. The summed E-state index contributed by atoms with van der Waals surface area (Å²) in [4.78, 5) is 12.4. The van der Waals surface area contributed by atoms with E-state index in [9.17, 15) is 9.18 Å². The Labute approximate surface area is 170 Å². The van der Waals surface area contributed by atoms with Crippen molar-refractivity contribution in [2.24, 2.45) is 0 Å². The Hall–Kier alpha value is -1.45. The van der Waals surface area contributed by atoms with Gasteiger partial charge in [-0.15, -0.1) is 0 Å². The Bertz CT molecular complexity index is 927. The van der Waals surface area contributed by atoms with Gasteiger partial charge in [-0.05, 0) is 62.8 Å². The number of hydrogen-bond donors (Lipinski definition) is 1. The van der Waals surface area contributed by atoms with Gasteiger partial charge in [-0.2, -0.15) is 5.10 Å². The van der Waals surface area contributed by atoms with Crippen LogP contribution in [-0.4, -0.2) is 15.7 Å². The molecule has 1 N–H and O–H groups in total. The van der Waals surface area contributed by atoms with Crippen LogP contribution < -0.4 is 5.32 Å². The fourth-order valence-corrected chi connectivity index (χ4v) is 3.50. The molecule has 0 unspecified atom stereocenters. The van der Waals surface area contributed by atoms with Crippen molar-refractivity contribution >= 4 is 61.8 Å². The van der Waals surface area contributed by atoms with E-state index in [2.05, 4.69) is 48.9 Å². The normalized spacial score (nSPS) is 10.7. The summed E-state index contributed by atoms with van der Waals surface area (Å²) in [5, 5.41) is 7.38. The molecule has 0 spiro atoms. The zero-order valence-corrected chi connectivity index (χ0v) is 17.1. The number of aromatic nitrogens is 2. The van der Waals surface area contributed by atoms with Crippen LogP contribution in [0.25, 0.3) is 0 Å². The lowest BCUT2D eigenvalue weighted by molar-refractivity contribution is 0.102. The van der Waals surface area contributed by atoms with Crippen LogP contribution in [-0.2, 0) is 6.54 Å². The Kier molecular flexibility index (Phi) is 5.75. The van der Waals surface area contributed by atoms with Crippen LogP contribution in [0.4, 0.5) is 10.2 Å². The molecule has 8 heteroatoms. The smallest absolute Gasteiger partial charge is 0.257 e. The lowest BCUT2D eigenvalue weighted by Gasteiger charge is -2.06. The number of rotatable bonds is 4. The number of nitrogens with zero attached hydrogens (tertiary/aromatic N) is 2. The highest BCUT2D eigenvalue weighted by molar-refractivity contribution is 14.1. The number of anilines is 1. The zero-order valence-electron chi connectivity index (χ0n) is 12.6. The van der Waals surface area contributed by atoms with Gasteiger partial charge in [-0.1, -0.05) is 29.8 Å². The quantitative estimate of drug-likeness (QED) is 0.460. The lowest BCUT2D eigenvalue weighted by atomic mass is 10.2. The predicted molar refractivity (Wildman–Crippen MR) is 108 cm³/mol. The minimum atomic E-state index is -0.399. The largest absolute Gasteiger partial charge is 0.304 e. The Morgan fingerprint density at radius 2 is 2.04 bits per heavy atom. The molecule has 3 rings (SSSR count). The van der Waals surface area contributed by atoms with E-state index in [0.29, 0.717) is 26.4 Å². The molecule has 1 aromatic heterocycles. The van der Waals surface area contributed by atoms with Gasteiger partial charge in [0, 0.05) is 20.4 Å². The van der Waals surface area contributed by atoms with Crippen molar-refractivity contribution in [3.05, 3.63) is 78.7 Å². The first-order chi connectivity index (χ1) is 12.0. The second-order valence-electron chi connectivity index (χ2n) is 5.16. The van der Waals surface area contributed by atoms with Crippen LogP contribution in [0.5, 0.6) is 0 Å². The highest BCUT2D eigenvalue weighted by atomic mass is 127. The van der Waals surface area contributed by atoms with Crippen LogP contribution >= 0.6 is 50.1 Å². The van der Waals surface area contributed by atoms with Crippen molar-refractivity contribution in [1.29, 1.82) is 0 Å². The third-order valence-corrected chi connectivity index (χ3v) is 5.32. The first-order valence-corrected chi connectivity index (χ1v) is 9.42. The molecule has 0 fully saturated rings. The summed E-state index contributed by atoms with van der Waals surface area (Å²) in [6.07, 6.45) is 1.66. The summed E-state index contributed by atoms with van der Waals surface area (Å²) < 4.78 is 16.9. The summed E-state index contributed by atoms with van der Waals surface area (Å²) in [7, 11) is 0. The van der Waals surface area contributed by atoms with Crippen LogP contribution in [0.2, 0.25) is 5.02 Å². The fraction of sp³-hybridized carbons (Fsp3) is 0.0588. The molecular formula is C17H11BrClFIN3O. The van der Waals surface area contributed by atoms with Crippen molar-refractivity contribution in [2.75, 3.05) is 5.32 Å². The monoisotopic (exact) mass is 533 g/mol. The predicted octanol–water partition coefficient (Wildman–Crippen LogP) is 5.34. The fourth-order valence-electron chi connectivity index (χ4n) is 2.23. The van der Waals surface area contributed by atoms with Crippen molar-refractivity contribution in [3.8, 4) is 0 Å². The molecule has 128 valence electrons. The molecule has 25 heavy (non-hydrogen) atoms. The molecular weight excluding hydrogens is 523 g/mol. The third kappa shape index (κ3) is 4.21. The molecule has 0 bridgehead atoms. The van der Waals surface area contributed by atoms with Gasteiger partial charge in [0.1, 0.15) is 5.82 Å². The number of halogens is 4. The Balaban J connectivity index is 1.81. The summed E-state index contributed by atoms with van der Waals surface area (Å²) in [5.41, 5.74) is 0.899. The van der Waals surface area contributed by atoms with Gasteiger partial charge in [-0.3, -0.25) is 9.48 Å². The third-order valence-electron chi connectivity index (χ3n) is 3.45. The van der Waals surface area contributed by atoms with Crippen molar-refractivity contribution in [3.63, 3.8) is 0 Å². The standard InChI is InChI=1S/C17H11BrClFIN3O/c18-12-9-24(8-11-13(19)5-3-6-14(11)20)23-16(12)22-17(25)10-4-1-2-7-15(10)21/h1-7,9H,8H2,(H,22,23,25). The number of nitrogens with one attached hydrogen (secondary N) is 1. The SMILES string of the molecule is O=C(Nc1nn(Cc2c(F)cccc2Cl)cc1Br)c1ccccc1I. The average Bonchev–Trinajstić information content (AvgIpc) is 2.91. The van der Waals surface area contributed by atoms with Gasteiger partial charge in [0.05, 0.1) is 16.6 Å². The van der Waals surface area contributed by atoms with E-state index in [4.69, 9.17) is 11.6 Å². The first kappa shape index (κ1) is 18.3. The molecule has 0 aliphatic carbocycles. The minimum absolute atomic E-state index is 0.156. The van der Waals surface area contributed by atoms with Crippen LogP contribution in [0, 0.1) is 9.39 Å². The Morgan fingerprint density at radius 3 is 2.76 bits per heavy atom. The maximum Gasteiger partial charge on any atom is 0.257 e. The number of carbonyl (C=O) groups is 1. The molecule has 0 saturated carbocycles. The second kappa shape index (κ2) is 7.84. The van der Waals surface area contributed by atoms with Gasteiger partial charge in [0.15, 0.2) is 5.82 Å². The molecule has 4 nitrogen and oxygen atoms in total. The van der Waals surface area contributed by atoms with Crippen molar-refractivity contribution in [2.45, 2.75) is 6.54 Å². The van der Waals surface area contributed by atoms with Gasteiger partial charge in [-0.25, -0.2) is 4.39 Å². The van der Waals surface area contributed by atoms with Crippen LogP contribution in [0.1, 0.15) is 15.9 Å². The number of hydrogen-bond acceptors (Lipinski definition) is 2. The van der Waals surface area contributed by atoms with Crippen molar-refractivity contribution in [1.82, 2.24) is 9.78 Å². The molecule has 1 amide bonds. The molecule has 0 aliphatic heterocycles. The molecule has 0 aliphatic rings. The van der Waals surface area contributed by atoms with Crippen LogP contribution in [0.15, 0.2) is 53.1 Å². The first-order valence-electron chi connectivity index (χ1n) is 7.17. The van der Waals surface area contributed by atoms with E-state index in [-0.39, 0.29) is 12.5 Å². The minimum Gasteiger partial charge on any atom is -0.304 e. The maximum atomic E-state index is 13.9. The molecule has 0 saturated heterocycles. The van der Waals surface area contributed by atoms with E-state index >= 15 is 0 Å². The van der Waals surface area contributed by atoms with E-state index < -0.39 is 5.82 Å². The van der Waals surface area contributed by atoms with E-state index in [1.807, 2.05) is 12.1 Å². The summed E-state index contributed by atoms with van der Waals surface area (Å²) in [5.74, 6) is -0.305. The molecule has 0 atom stereocenters. The maximum absolute atomic E-state index is 13.9. The topological polar surface area (TPSA) is 46.9 Å². The molecule has 3 aromatic rings. The van der Waals surface area contributed by atoms with Gasteiger partial charge < -0.3 is 5.32 Å². The number of benzene rings is 2. The molecule has 2 aromatic carbocycles. The molecule has 1 heterocycles. The van der Waals surface area contributed by atoms with E-state index in [0.717, 1.165) is 3.57 Å². The summed E-state index contributed by atoms with van der Waals surface area (Å²) in [6.45, 7) is 0.156. The van der Waals surface area contributed by atoms with E-state index in [1.54, 1.807) is 30.5 Å². The average molecular weight is 535 g/mol. The summed E-state index contributed by atoms with van der Waals surface area (Å²) in [6, 6.07) is 11.8. The Morgan fingerprint density at radius 1 is 1.28 bits per heavy atom. The molecule has 0 radical (unpaired) electrons. The second-order valence-corrected chi connectivity index (χ2v) is 7.58. The lowest BCUT2D eigenvalue weighted by Crippen LogP contribution is -2.14. The van der Waals surface area contributed by atoms with Crippen LogP contribution in [0.3, 0.4) is 0 Å². The number of carbonyl (C=O) groups excluding carboxylic acids is 1. The highest BCUT2D eigenvalue weighted by Crippen LogP contribution is 2.25.